The average Bonchev–Trinajstić information content (AvgIpc) is 2.30. The first-order valence-electron chi connectivity index (χ1n) is 5.02. The minimum atomic E-state index is 0.230. The zero-order valence-electron chi connectivity index (χ0n) is 9.42. The first-order valence-corrected chi connectivity index (χ1v) is 5.45. The summed E-state index contributed by atoms with van der Waals surface area (Å²) in [6.45, 7) is 6.52. The Kier molecular flexibility index (Phi) is 3.59. The Morgan fingerprint density at radius 1 is 1.57 bits per heavy atom. The van der Waals surface area contributed by atoms with Crippen LogP contribution in [0.2, 0.25) is 0 Å². The lowest BCUT2D eigenvalue weighted by Crippen LogP contribution is -2.19. The van der Waals surface area contributed by atoms with E-state index in [1.165, 1.54) is 0 Å². The third-order valence-electron chi connectivity index (χ3n) is 2.26. The Morgan fingerprint density at radius 2 is 2.21 bits per heavy atom. The second-order valence-electron chi connectivity index (χ2n) is 4.81. The van der Waals surface area contributed by atoms with E-state index in [9.17, 15) is 0 Å². The molecule has 0 aliphatic carbocycles. The van der Waals surface area contributed by atoms with Crippen LogP contribution in [0.25, 0.3) is 0 Å². The van der Waals surface area contributed by atoms with Crippen LogP contribution in [0.4, 0.5) is 0 Å². The summed E-state index contributed by atoms with van der Waals surface area (Å²) in [7, 11) is 1.95. The lowest BCUT2D eigenvalue weighted by molar-refractivity contribution is 0.327. The molecule has 0 saturated heterocycles. The third kappa shape index (κ3) is 3.70. The van der Waals surface area contributed by atoms with Crippen LogP contribution in [0, 0.1) is 5.41 Å². The quantitative estimate of drug-likeness (QED) is 0.705. The Balaban J connectivity index is 2.58. The number of hydrogen-bond acceptors (Lipinski definition) is 1. The van der Waals surface area contributed by atoms with Crippen molar-refractivity contribution in [3.8, 4) is 0 Å². The Labute approximate surface area is 91.3 Å². The van der Waals surface area contributed by atoms with Gasteiger partial charge in [0.1, 0.15) is 0 Å². The van der Waals surface area contributed by atoms with Crippen LogP contribution in [-0.4, -0.2) is 15.2 Å². The lowest BCUT2D eigenvalue weighted by atomic mass is 9.83. The fraction of sp³-hybridized carbons (Fsp3) is 0.727. The normalized spacial score (nSPS) is 14.4. The van der Waals surface area contributed by atoms with Crippen molar-refractivity contribution in [1.82, 2.24) is 9.78 Å². The zero-order valence-corrected chi connectivity index (χ0v) is 10.2. The topological polar surface area (TPSA) is 17.8 Å². The van der Waals surface area contributed by atoms with E-state index in [4.69, 9.17) is 11.6 Å². The molecule has 1 unspecified atom stereocenters. The van der Waals surface area contributed by atoms with E-state index in [2.05, 4.69) is 25.0 Å². The lowest BCUT2D eigenvalue weighted by Gasteiger charge is -2.24. The van der Waals surface area contributed by atoms with Crippen LogP contribution in [0.15, 0.2) is 12.3 Å². The highest BCUT2D eigenvalue weighted by Crippen LogP contribution is 2.28. The number of halogens is 1. The highest BCUT2D eigenvalue weighted by atomic mass is 35.5. The number of aromatic nitrogens is 2. The fourth-order valence-electron chi connectivity index (χ4n) is 1.88. The van der Waals surface area contributed by atoms with Crippen LogP contribution in [-0.2, 0) is 13.5 Å². The molecule has 1 aromatic rings. The molecule has 0 radical (unpaired) electrons. The van der Waals surface area contributed by atoms with Crippen molar-refractivity contribution in [2.75, 3.05) is 0 Å². The summed E-state index contributed by atoms with van der Waals surface area (Å²) in [6, 6.07) is 2.07. The summed E-state index contributed by atoms with van der Waals surface area (Å²) >= 11 is 6.01. The van der Waals surface area contributed by atoms with E-state index >= 15 is 0 Å². The maximum Gasteiger partial charge on any atom is 0.0629 e. The zero-order chi connectivity index (χ0) is 10.8. The van der Waals surface area contributed by atoms with E-state index < -0.39 is 0 Å². The van der Waals surface area contributed by atoms with Gasteiger partial charge in [0.15, 0.2) is 0 Å². The summed E-state index contributed by atoms with van der Waals surface area (Å²) in [5.74, 6) is 0. The molecular weight excluding hydrogens is 196 g/mol. The Bertz CT molecular complexity index is 289. The minimum Gasteiger partial charge on any atom is -0.276 e. The van der Waals surface area contributed by atoms with E-state index in [1.807, 2.05) is 24.9 Å². The second kappa shape index (κ2) is 4.35. The second-order valence-corrected chi connectivity index (χ2v) is 5.55. The number of nitrogens with zero attached hydrogens (tertiary/aromatic N) is 2. The fourth-order valence-corrected chi connectivity index (χ4v) is 2.30. The SMILES string of the molecule is CC(Cl)CC(C)(C)Cc1ccn(C)n1. The number of aryl methyl sites for hydroxylation is 1. The molecule has 2 nitrogen and oxygen atoms in total. The van der Waals surface area contributed by atoms with Crippen molar-refractivity contribution in [2.45, 2.75) is 39.0 Å². The molecule has 80 valence electrons. The highest BCUT2D eigenvalue weighted by molar-refractivity contribution is 6.20. The van der Waals surface area contributed by atoms with Gasteiger partial charge in [0.05, 0.1) is 5.69 Å². The average molecular weight is 215 g/mol. The van der Waals surface area contributed by atoms with Crippen LogP contribution < -0.4 is 0 Å². The van der Waals surface area contributed by atoms with Gasteiger partial charge < -0.3 is 0 Å². The van der Waals surface area contributed by atoms with Gasteiger partial charge in [-0.1, -0.05) is 13.8 Å². The van der Waals surface area contributed by atoms with Gasteiger partial charge in [-0.25, -0.2) is 0 Å². The largest absolute Gasteiger partial charge is 0.276 e. The molecule has 0 fully saturated rings. The van der Waals surface area contributed by atoms with Crippen molar-refractivity contribution in [1.29, 1.82) is 0 Å². The molecule has 1 aromatic heterocycles. The maximum atomic E-state index is 6.01. The van der Waals surface area contributed by atoms with E-state index in [0.717, 1.165) is 18.5 Å². The van der Waals surface area contributed by atoms with Gasteiger partial charge in [-0.05, 0) is 31.2 Å². The van der Waals surface area contributed by atoms with Crippen molar-refractivity contribution < 1.29 is 0 Å². The van der Waals surface area contributed by atoms with Gasteiger partial charge in [0.2, 0.25) is 0 Å². The first-order chi connectivity index (χ1) is 6.39. The molecule has 0 aliphatic rings. The molecule has 14 heavy (non-hydrogen) atoms. The minimum absolute atomic E-state index is 0.230. The van der Waals surface area contributed by atoms with Crippen molar-refractivity contribution in [3.63, 3.8) is 0 Å². The summed E-state index contributed by atoms with van der Waals surface area (Å²) in [5, 5.41) is 4.61. The van der Waals surface area contributed by atoms with E-state index in [-0.39, 0.29) is 10.8 Å². The van der Waals surface area contributed by atoms with E-state index in [1.54, 1.807) is 0 Å². The molecule has 0 N–H and O–H groups in total. The summed E-state index contributed by atoms with van der Waals surface area (Å²) in [4.78, 5) is 0. The summed E-state index contributed by atoms with van der Waals surface area (Å²) in [6.07, 6.45) is 3.99. The van der Waals surface area contributed by atoms with Crippen molar-refractivity contribution in [3.05, 3.63) is 18.0 Å². The Morgan fingerprint density at radius 3 is 2.64 bits per heavy atom. The van der Waals surface area contributed by atoms with Gasteiger partial charge in [0, 0.05) is 18.6 Å². The molecular formula is C11H19ClN2. The molecule has 0 aliphatic heterocycles. The third-order valence-corrected chi connectivity index (χ3v) is 2.42. The van der Waals surface area contributed by atoms with Gasteiger partial charge in [-0.3, -0.25) is 4.68 Å². The number of rotatable bonds is 4. The van der Waals surface area contributed by atoms with Crippen molar-refractivity contribution >= 4 is 11.6 Å². The van der Waals surface area contributed by atoms with Crippen LogP contribution in [0.3, 0.4) is 0 Å². The van der Waals surface area contributed by atoms with Crippen molar-refractivity contribution in [2.24, 2.45) is 12.5 Å². The highest BCUT2D eigenvalue weighted by Gasteiger charge is 2.21. The monoisotopic (exact) mass is 214 g/mol. The summed E-state index contributed by atoms with van der Waals surface area (Å²) < 4.78 is 1.84. The standard InChI is InChI=1S/C11H19ClN2/c1-9(12)7-11(2,3)8-10-5-6-14(4)13-10/h5-6,9H,7-8H2,1-4H3. The number of hydrogen-bond donors (Lipinski definition) is 0. The molecule has 0 amide bonds. The van der Waals surface area contributed by atoms with E-state index in [0.29, 0.717) is 0 Å². The van der Waals surface area contributed by atoms with Crippen LogP contribution in [0.1, 0.15) is 32.9 Å². The smallest absolute Gasteiger partial charge is 0.0629 e. The molecule has 1 atom stereocenters. The molecule has 0 saturated carbocycles. The first kappa shape index (κ1) is 11.6. The molecule has 0 aromatic carbocycles. The van der Waals surface area contributed by atoms with Crippen LogP contribution >= 0.6 is 11.6 Å². The molecule has 1 rings (SSSR count). The Hall–Kier alpha value is -0.500. The van der Waals surface area contributed by atoms with Gasteiger partial charge in [-0.2, -0.15) is 5.10 Å². The number of alkyl halides is 1. The summed E-state index contributed by atoms with van der Waals surface area (Å²) in [5.41, 5.74) is 1.38. The molecule has 0 bridgehead atoms. The predicted octanol–water partition coefficient (Wildman–Crippen LogP) is 3.01. The molecule has 1 heterocycles. The van der Waals surface area contributed by atoms with Crippen LogP contribution in [0.5, 0.6) is 0 Å². The van der Waals surface area contributed by atoms with Gasteiger partial charge >= 0.3 is 0 Å². The van der Waals surface area contributed by atoms with Gasteiger partial charge in [-0.15, -0.1) is 11.6 Å². The maximum absolute atomic E-state index is 6.01. The predicted molar refractivity (Wildman–Crippen MR) is 60.6 cm³/mol. The molecule has 0 spiro atoms. The molecule has 3 heteroatoms. The van der Waals surface area contributed by atoms with Gasteiger partial charge in [0.25, 0.3) is 0 Å².